The Kier molecular flexibility index (Phi) is 10.1. The van der Waals surface area contributed by atoms with E-state index in [0.29, 0.717) is 0 Å². The van der Waals surface area contributed by atoms with Gasteiger partial charge in [0.2, 0.25) is 0 Å². The highest BCUT2D eigenvalue weighted by molar-refractivity contribution is 4.96. The summed E-state index contributed by atoms with van der Waals surface area (Å²) in [6, 6.07) is 0. The van der Waals surface area contributed by atoms with E-state index in [1.54, 1.807) is 0 Å². The van der Waals surface area contributed by atoms with Gasteiger partial charge in [-0.15, -0.1) is 0 Å². The van der Waals surface area contributed by atoms with Crippen LogP contribution in [-0.4, -0.2) is 168 Å². The molecule has 17 nitrogen and oxygen atoms in total. The topological polar surface area (TPSA) is 278 Å². The summed E-state index contributed by atoms with van der Waals surface area (Å²) in [4.78, 5) is 4.04. The minimum absolute atomic E-state index is 0.758. The number of aliphatic hydroxyl groups excluding tert-OH is 10. The Morgan fingerprint density at radius 3 is 1.29 bits per heavy atom. The first-order chi connectivity index (χ1) is 16.6. The van der Waals surface area contributed by atoms with Crippen molar-refractivity contribution in [2.75, 3.05) is 19.8 Å². The lowest BCUT2D eigenvalue weighted by molar-refractivity contribution is -0.400. The molecule has 3 saturated heterocycles. The smallest absolute Gasteiger partial charge is 0.187 e. The Morgan fingerprint density at radius 2 is 0.857 bits per heavy atom. The van der Waals surface area contributed by atoms with Crippen molar-refractivity contribution in [1.29, 1.82) is 0 Å². The number of rotatable bonds is 8. The summed E-state index contributed by atoms with van der Waals surface area (Å²) < 4.78 is 26.3. The Balaban J connectivity index is 1.79. The molecule has 0 aromatic rings. The lowest BCUT2D eigenvalue weighted by atomic mass is 9.96. The molecule has 0 aromatic carbocycles. The monoisotopic (exact) mass is 520 g/mol. The predicted octanol–water partition coefficient (Wildman–Crippen LogP) is -7.08. The molecule has 0 radical (unpaired) electrons. The summed E-state index contributed by atoms with van der Waals surface area (Å²) in [7, 11) is 0. The van der Waals surface area contributed by atoms with Crippen LogP contribution >= 0.6 is 0 Å². The van der Waals surface area contributed by atoms with Gasteiger partial charge in [-0.25, -0.2) is 4.89 Å². The van der Waals surface area contributed by atoms with E-state index >= 15 is 0 Å². The molecule has 17 heteroatoms. The molecular weight excluding hydrogens is 488 g/mol. The third-order valence-corrected chi connectivity index (χ3v) is 6.19. The summed E-state index contributed by atoms with van der Waals surface area (Å²) in [6.45, 7) is -2.38. The molecule has 0 saturated carbocycles. The standard InChI is InChI=1S/C18H32O17/c19-1-4-7(22)13(10(25)16(28)30-4)33-17-11(26)14(8(23)5(2-20)31-17)34-18-12(27)15(35-29)9(24)6(3-21)32-18/h4-29H,1-3H2/t4-,5-,6-,7-,8-,9-,10-,11-,12-,13+,14+,15+,16+,17+,18+/m1/s1. The second-order valence-electron chi connectivity index (χ2n) is 8.41. The summed E-state index contributed by atoms with van der Waals surface area (Å²) in [5.74, 6) is 0. The number of ether oxygens (including phenoxy) is 5. The van der Waals surface area contributed by atoms with E-state index in [4.69, 9.17) is 28.9 Å². The first-order valence-electron chi connectivity index (χ1n) is 10.8. The molecule has 15 atom stereocenters. The fraction of sp³-hybridized carbons (Fsp3) is 1.00. The van der Waals surface area contributed by atoms with Gasteiger partial charge in [-0.3, -0.25) is 5.26 Å². The Hall–Kier alpha value is -0.680. The number of hydrogen-bond donors (Lipinski definition) is 11. The van der Waals surface area contributed by atoms with Gasteiger partial charge in [-0.05, 0) is 0 Å². The average Bonchev–Trinajstić information content (AvgIpc) is 2.84. The fourth-order valence-corrected chi connectivity index (χ4v) is 4.15. The zero-order valence-electron chi connectivity index (χ0n) is 18.2. The van der Waals surface area contributed by atoms with E-state index in [-0.39, 0.29) is 0 Å². The minimum Gasteiger partial charge on any atom is -0.394 e. The molecule has 3 rings (SSSR count). The maximum atomic E-state index is 10.8. The molecule has 3 aliphatic heterocycles. The van der Waals surface area contributed by atoms with Crippen LogP contribution in [0, 0.1) is 0 Å². The van der Waals surface area contributed by atoms with E-state index < -0.39 is 112 Å². The molecule has 0 bridgehead atoms. The van der Waals surface area contributed by atoms with Gasteiger partial charge in [-0.2, -0.15) is 0 Å². The maximum absolute atomic E-state index is 10.8. The summed E-state index contributed by atoms with van der Waals surface area (Å²) >= 11 is 0. The van der Waals surface area contributed by atoms with Crippen LogP contribution in [0.2, 0.25) is 0 Å². The van der Waals surface area contributed by atoms with Crippen molar-refractivity contribution in [3.63, 3.8) is 0 Å². The highest BCUT2D eigenvalue weighted by Crippen LogP contribution is 2.32. The van der Waals surface area contributed by atoms with Gasteiger partial charge in [-0.1, -0.05) is 0 Å². The number of aliphatic hydroxyl groups is 10. The van der Waals surface area contributed by atoms with Crippen LogP contribution in [0.5, 0.6) is 0 Å². The third-order valence-electron chi connectivity index (χ3n) is 6.19. The van der Waals surface area contributed by atoms with E-state index in [1.165, 1.54) is 0 Å². The van der Waals surface area contributed by atoms with Crippen molar-refractivity contribution in [1.82, 2.24) is 0 Å². The van der Waals surface area contributed by atoms with Crippen LogP contribution < -0.4 is 0 Å². The van der Waals surface area contributed by atoms with Crippen LogP contribution in [0.25, 0.3) is 0 Å². The second-order valence-corrected chi connectivity index (χ2v) is 8.41. The van der Waals surface area contributed by atoms with Gasteiger partial charge in [0, 0.05) is 0 Å². The normalized spacial score (nSPS) is 51.3. The largest absolute Gasteiger partial charge is 0.394 e. The van der Waals surface area contributed by atoms with E-state index in [0.717, 1.165) is 0 Å². The molecule has 0 amide bonds. The minimum atomic E-state index is -1.94. The molecule has 3 heterocycles. The van der Waals surface area contributed by atoms with Crippen molar-refractivity contribution in [2.24, 2.45) is 0 Å². The Morgan fingerprint density at radius 1 is 0.486 bits per heavy atom. The van der Waals surface area contributed by atoms with E-state index in [1.807, 2.05) is 0 Å². The Labute approximate surface area is 197 Å². The van der Waals surface area contributed by atoms with Crippen molar-refractivity contribution in [3.05, 3.63) is 0 Å². The van der Waals surface area contributed by atoms with Gasteiger partial charge in [0.1, 0.15) is 67.1 Å². The summed E-state index contributed by atoms with van der Waals surface area (Å²) in [6.07, 6.45) is -25.7. The highest BCUT2D eigenvalue weighted by Gasteiger charge is 2.54. The molecule has 0 spiro atoms. The van der Waals surface area contributed by atoms with Crippen LogP contribution in [0.3, 0.4) is 0 Å². The lowest BCUT2D eigenvalue weighted by Gasteiger charge is -2.47. The number of hydrogen-bond acceptors (Lipinski definition) is 17. The molecule has 35 heavy (non-hydrogen) atoms. The highest BCUT2D eigenvalue weighted by atomic mass is 17.1. The van der Waals surface area contributed by atoms with Crippen molar-refractivity contribution in [2.45, 2.75) is 92.1 Å². The molecule has 11 N–H and O–H groups in total. The molecule has 0 unspecified atom stereocenters. The second kappa shape index (κ2) is 12.2. The van der Waals surface area contributed by atoms with Crippen LogP contribution in [-0.2, 0) is 28.6 Å². The quantitative estimate of drug-likeness (QED) is 0.105. The van der Waals surface area contributed by atoms with Crippen LogP contribution in [0.1, 0.15) is 0 Å². The zero-order valence-corrected chi connectivity index (χ0v) is 18.2. The van der Waals surface area contributed by atoms with E-state index in [2.05, 4.69) is 4.89 Å². The predicted molar refractivity (Wildman–Crippen MR) is 103 cm³/mol. The lowest BCUT2D eigenvalue weighted by Crippen LogP contribution is -2.66. The summed E-state index contributed by atoms with van der Waals surface area (Å²) in [5.41, 5.74) is 0. The van der Waals surface area contributed by atoms with Crippen LogP contribution in [0.15, 0.2) is 0 Å². The average molecular weight is 520 g/mol. The third kappa shape index (κ3) is 5.76. The molecule has 3 aliphatic rings. The van der Waals surface area contributed by atoms with Crippen molar-refractivity contribution >= 4 is 0 Å². The zero-order chi connectivity index (χ0) is 26.0. The van der Waals surface area contributed by atoms with Gasteiger partial charge in [0.25, 0.3) is 0 Å². The first-order valence-corrected chi connectivity index (χ1v) is 10.8. The molecule has 3 fully saturated rings. The molecule has 0 aliphatic carbocycles. The van der Waals surface area contributed by atoms with Gasteiger partial charge >= 0.3 is 0 Å². The van der Waals surface area contributed by atoms with Gasteiger partial charge in [0.15, 0.2) is 25.0 Å². The maximum Gasteiger partial charge on any atom is 0.187 e. The van der Waals surface area contributed by atoms with Crippen LogP contribution in [0.4, 0.5) is 0 Å². The molecular formula is C18H32O17. The molecule has 206 valence electrons. The fourth-order valence-electron chi connectivity index (χ4n) is 4.15. The van der Waals surface area contributed by atoms with E-state index in [9.17, 15) is 51.1 Å². The van der Waals surface area contributed by atoms with Crippen molar-refractivity contribution in [3.8, 4) is 0 Å². The van der Waals surface area contributed by atoms with Crippen molar-refractivity contribution < 1.29 is 84.9 Å². The SMILES string of the molecule is OC[C@H]1O[C@H](O)[C@H](O)[C@@H](O[C@@H]2O[C@H](CO)[C@@H](O)[C@H](O[C@@H]3O[C@H](CO)[C@@H](O)[C@H](OO)[C@H]3O)[C@H]2O)[C@@H]1O. The van der Waals surface area contributed by atoms with Gasteiger partial charge in [0.05, 0.1) is 19.8 Å². The molecule has 0 aromatic heterocycles. The first kappa shape index (κ1) is 28.9. The van der Waals surface area contributed by atoms with Gasteiger partial charge < -0.3 is 74.7 Å². The Bertz CT molecular complexity index is 657. The summed E-state index contributed by atoms with van der Waals surface area (Å²) in [5, 5.41) is 109.